The minimum atomic E-state index is -0.208. The first-order valence-corrected chi connectivity index (χ1v) is 8.43. The molecule has 1 aliphatic rings. The molecule has 0 bridgehead atoms. The van der Waals surface area contributed by atoms with Crippen molar-refractivity contribution in [3.05, 3.63) is 52.5 Å². The minimum absolute atomic E-state index is 0.0821. The molecule has 1 amide bonds. The molecule has 22 heavy (non-hydrogen) atoms. The highest BCUT2D eigenvalue weighted by atomic mass is 32.1. The highest BCUT2D eigenvalue weighted by Gasteiger charge is 2.23. The lowest BCUT2D eigenvalue weighted by Crippen LogP contribution is -2.31. The Balaban J connectivity index is 1.45. The monoisotopic (exact) mass is 318 g/mol. The number of hydrogen-bond acceptors (Lipinski definition) is 3. The van der Waals surface area contributed by atoms with Gasteiger partial charge in [-0.3, -0.25) is 4.79 Å². The molecule has 1 aromatic carbocycles. The number of amides is 1. The van der Waals surface area contributed by atoms with Crippen LogP contribution in [0.2, 0.25) is 0 Å². The third-order valence-corrected chi connectivity index (χ3v) is 4.74. The number of rotatable bonds is 5. The summed E-state index contributed by atoms with van der Waals surface area (Å²) in [4.78, 5) is 14.1. The fourth-order valence-electron chi connectivity index (χ4n) is 2.78. The van der Waals surface area contributed by atoms with Crippen molar-refractivity contribution in [1.29, 1.82) is 0 Å². The topological polar surface area (TPSA) is 32.3 Å². The lowest BCUT2D eigenvalue weighted by Gasteiger charge is -2.18. The summed E-state index contributed by atoms with van der Waals surface area (Å²) >= 11 is 1.61. The van der Waals surface area contributed by atoms with E-state index in [9.17, 15) is 9.18 Å². The van der Waals surface area contributed by atoms with Crippen LogP contribution in [0.3, 0.4) is 0 Å². The SMILES string of the molecule is O=C(Cc1ccsc1)NCC1CCN(c2ccc(F)cc2)C1. The normalized spacial score (nSPS) is 17.7. The van der Waals surface area contributed by atoms with Crippen LogP contribution in [0, 0.1) is 11.7 Å². The molecule has 1 unspecified atom stereocenters. The molecule has 1 fully saturated rings. The van der Waals surface area contributed by atoms with E-state index in [1.165, 1.54) is 12.1 Å². The Morgan fingerprint density at radius 3 is 2.86 bits per heavy atom. The first-order valence-electron chi connectivity index (χ1n) is 7.49. The Kier molecular flexibility index (Phi) is 4.73. The molecule has 0 radical (unpaired) electrons. The zero-order valence-electron chi connectivity index (χ0n) is 12.3. The van der Waals surface area contributed by atoms with Crippen molar-refractivity contribution in [1.82, 2.24) is 5.32 Å². The van der Waals surface area contributed by atoms with E-state index in [1.54, 1.807) is 11.3 Å². The van der Waals surface area contributed by atoms with Crippen molar-refractivity contribution in [3.8, 4) is 0 Å². The summed E-state index contributed by atoms with van der Waals surface area (Å²) in [6.45, 7) is 2.57. The number of nitrogens with one attached hydrogen (secondary N) is 1. The summed E-state index contributed by atoms with van der Waals surface area (Å²) in [7, 11) is 0. The molecule has 0 spiro atoms. The zero-order chi connectivity index (χ0) is 15.4. The third kappa shape index (κ3) is 3.85. The van der Waals surface area contributed by atoms with Gasteiger partial charge in [-0.2, -0.15) is 11.3 Å². The van der Waals surface area contributed by atoms with E-state index >= 15 is 0 Å². The quantitative estimate of drug-likeness (QED) is 0.919. The van der Waals surface area contributed by atoms with Gasteiger partial charge in [0.15, 0.2) is 0 Å². The first-order chi connectivity index (χ1) is 10.7. The van der Waals surface area contributed by atoms with E-state index in [-0.39, 0.29) is 11.7 Å². The molecule has 1 aromatic heterocycles. The number of carbonyl (C=O) groups is 1. The van der Waals surface area contributed by atoms with Crippen LogP contribution in [0.4, 0.5) is 10.1 Å². The van der Waals surface area contributed by atoms with Gasteiger partial charge < -0.3 is 10.2 Å². The summed E-state index contributed by atoms with van der Waals surface area (Å²) < 4.78 is 13.0. The Labute approximate surface area is 133 Å². The second-order valence-electron chi connectivity index (χ2n) is 5.69. The van der Waals surface area contributed by atoms with Gasteiger partial charge in [0.2, 0.25) is 5.91 Å². The van der Waals surface area contributed by atoms with Crippen molar-refractivity contribution in [3.63, 3.8) is 0 Å². The smallest absolute Gasteiger partial charge is 0.224 e. The van der Waals surface area contributed by atoms with Crippen LogP contribution in [-0.4, -0.2) is 25.5 Å². The van der Waals surface area contributed by atoms with Crippen LogP contribution in [0.15, 0.2) is 41.1 Å². The Hall–Kier alpha value is -1.88. The molecule has 0 saturated carbocycles. The fraction of sp³-hybridized carbons (Fsp3) is 0.353. The standard InChI is InChI=1S/C17H19FN2OS/c18-15-1-3-16(4-2-15)20-7-5-14(11-20)10-19-17(21)9-13-6-8-22-12-13/h1-4,6,8,12,14H,5,7,9-11H2,(H,19,21). The Morgan fingerprint density at radius 1 is 1.32 bits per heavy atom. The molecule has 1 N–H and O–H groups in total. The van der Waals surface area contributed by atoms with Gasteiger partial charge in [-0.15, -0.1) is 0 Å². The van der Waals surface area contributed by atoms with Crippen molar-refractivity contribution in [2.45, 2.75) is 12.8 Å². The maximum Gasteiger partial charge on any atom is 0.224 e. The molecule has 1 aliphatic heterocycles. The van der Waals surface area contributed by atoms with Gasteiger partial charge in [0, 0.05) is 25.3 Å². The van der Waals surface area contributed by atoms with Gasteiger partial charge in [0.05, 0.1) is 6.42 Å². The van der Waals surface area contributed by atoms with E-state index in [0.717, 1.165) is 30.8 Å². The zero-order valence-corrected chi connectivity index (χ0v) is 13.1. The molecule has 0 aliphatic carbocycles. The molecular formula is C17H19FN2OS. The lowest BCUT2D eigenvalue weighted by atomic mass is 10.1. The molecule has 2 aromatic rings. The number of halogens is 1. The summed E-state index contributed by atoms with van der Waals surface area (Å²) in [5.74, 6) is 0.329. The third-order valence-electron chi connectivity index (χ3n) is 4.01. The van der Waals surface area contributed by atoms with Gasteiger partial charge in [0.1, 0.15) is 5.82 Å². The number of hydrogen-bond donors (Lipinski definition) is 1. The molecule has 3 nitrogen and oxygen atoms in total. The molecule has 2 heterocycles. The molecule has 5 heteroatoms. The predicted molar refractivity (Wildman–Crippen MR) is 87.8 cm³/mol. The van der Waals surface area contributed by atoms with Crippen LogP contribution in [0.5, 0.6) is 0 Å². The summed E-state index contributed by atoms with van der Waals surface area (Å²) in [6, 6.07) is 8.59. The maximum absolute atomic E-state index is 13.0. The fourth-order valence-corrected chi connectivity index (χ4v) is 3.45. The highest BCUT2D eigenvalue weighted by Crippen LogP contribution is 2.23. The van der Waals surface area contributed by atoms with Crippen LogP contribution < -0.4 is 10.2 Å². The second kappa shape index (κ2) is 6.92. The Bertz CT molecular complexity index is 612. The number of thiophene rings is 1. The van der Waals surface area contributed by atoms with Crippen LogP contribution in [-0.2, 0) is 11.2 Å². The number of anilines is 1. The van der Waals surface area contributed by atoms with Crippen molar-refractivity contribution in [2.75, 3.05) is 24.5 Å². The van der Waals surface area contributed by atoms with Gasteiger partial charge >= 0.3 is 0 Å². The summed E-state index contributed by atoms with van der Waals surface area (Å²) in [5, 5.41) is 7.01. The van der Waals surface area contributed by atoms with Crippen molar-refractivity contribution < 1.29 is 9.18 Å². The van der Waals surface area contributed by atoms with Crippen molar-refractivity contribution >= 4 is 22.9 Å². The maximum atomic E-state index is 13.0. The van der Waals surface area contributed by atoms with Crippen LogP contribution in [0.1, 0.15) is 12.0 Å². The van der Waals surface area contributed by atoms with Crippen molar-refractivity contribution in [2.24, 2.45) is 5.92 Å². The van der Waals surface area contributed by atoms with Gasteiger partial charge in [-0.25, -0.2) is 4.39 Å². The summed E-state index contributed by atoms with van der Waals surface area (Å²) in [6.07, 6.45) is 1.51. The second-order valence-corrected chi connectivity index (χ2v) is 6.47. The van der Waals surface area contributed by atoms with Crippen LogP contribution in [0.25, 0.3) is 0 Å². The number of benzene rings is 1. The summed E-state index contributed by atoms with van der Waals surface area (Å²) in [5.41, 5.74) is 2.12. The van der Waals surface area contributed by atoms with Gasteiger partial charge in [-0.05, 0) is 59.0 Å². The molecule has 1 saturated heterocycles. The van der Waals surface area contributed by atoms with Crippen LogP contribution >= 0.6 is 11.3 Å². The van der Waals surface area contributed by atoms with Gasteiger partial charge in [-0.1, -0.05) is 0 Å². The Morgan fingerprint density at radius 2 is 2.14 bits per heavy atom. The van der Waals surface area contributed by atoms with E-state index in [2.05, 4.69) is 10.2 Å². The van der Waals surface area contributed by atoms with E-state index < -0.39 is 0 Å². The highest BCUT2D eigenvalue weighted by molar-refractivity contribution is 7.07. The largest absolute Gasteiger partial charge is 0.371 e. The van der Waals surface area contributed by atoms with E-state index in [1.807, 2.05) is 29.0 Å². The number of carbonyl (C=O) groups excluding carboxylic acids is 1. The number of nitrogens with zero attached hydrogens (tertiary/aromatic N) is 1. The minimum Gasteiger partial charge on any atom is -0.371 e. The van der Waals surface area contributed by atoms with Gasteiger partial charge in [0.25, 0.3) is 0 Å². The average Bonchev–Trinajstić information content (AvgIpc) is 3.17. The lowest BCUT2D eigenvalue weighted by molar-refractivity contribution is -0.120. The first kappa shape index (κ1) is 15.0. The predicted octanol–water partition coefficient (Wildman–Crippen LogP) is 3.07. The van der Waals surface area contributed by atoms with E-state index in [4.69, 9.17) is 0 Å². The molecule has 3 rings (SSSR count). The molecule has 1 atom stereocenters. The van der Waals surface area contributed by atoms with E-state index in [0.29, 0.717) is 18.9 Å². The molecular weight excluding hydrogens is 299 g/mol. The molecule has 116 valence electrons. The average molecular weight is 318 g/mol.